The number of methoxy groups -OCH3 is 1. The number of carbonyl (C=O) groups excluding carboxylic acids is 2. The monoisotopic (exact) mass is 503 g/mol. The molecule has 0 aliphatic heterocycles. The Balaban J connectivity index is 1.98. The summed E-state index contributed by atoms with van der Waals surface area (Å²) in [5.74, 6) is -0.971. The highest BCUT2D eigenvalue weighted by Crippen LogP contribution is 2.22. The average molecular weight is 504 g/mol. The van der Waals surface area contributed by atoms with Crippen LogP contribution < -0.4 is 4.80 Å². The van der Waals surface area contributed by atoms with Crippen molar-refractivity contribution in [2.75, 3.05) is 20.2 Å². The van der Waals surface area contributed by atoms with Crippen LogP contribution in [0.3, 0.4) is 0 Å². The number of para-hydroxylation sites is 1. The van der Waals surface area contributed by atoms with Crippen LogP contribution in [-0.2, 0) is 26.1 Å². The van der Waals surface area contributed by atoms with Gasteiger partial charge in [-0.15, -0.1) is 0 Å². The zero-order chi connectivity index (χ0) is 24.9. The Kier molecular flexibility index (Phi) is 8.40. The van der Waals surface area contributed by atoms with E-state index >= 15 is 0 Å². The van der Waals surface area contributed by atoms with Crippen LogP contribution in [0.5, 0.6) is 0 Å². The van der Waals surface area contributed by atoms with Gasteiger partial charge in [0.05, 0.1) is 22.2 Å². The molecule has 0 saturated heterocycles. The summed E-state index contributed by atoms with van der Waals surface area (Å²) in [6.45, 7) is 6.60. The minimum atomic E-state index is -3.63. The molecule has 0 radical (unpaired) electrons. The number of hydrogen-bond acceptors (Lipinski definition) is 6. The number of ether oxygens (including phenoxy) is 1. The van der Waals surface area contributed by atoms with Crippen LogP contribution in [0.25, 0.3) is 10.2 Å². The number of benzene rings is 2. The predicted octanol–water partition coefficient (Wildman–Crippen LogP) is 3.74. The standard InChI is InChI=1S/C24H29N3O5S2/c1-5-14-26(15-6-2)34(30,31)19-12-10-18(11-13-19)23(29)25-24-27(16-21(28)32-4)22-17(3)8-7-9-20(22)33-24/h7-13H,5-6,14-16H2,1-4H3. The fourth-order valence-electron chi connectivity index (χ4n) is 3.65. The number of nitrogens with zero attached hydrogens (tertiary/aromatic N) is 3. The molecule has 0 aliphatic carbocycles. The van der Waals surface area contributed by atoms with Gasteiger partial charge in [-0.05, 0) is 55.7 Å². The first-order valence-electron chi connectivity index (χ1n) is 11.1. The van der Waals surface area contributed by atoms with E-state index in [0.29, 0.717) is 17.9 Å². The minimum Gasteiger partial charge on any atom is -0.468 e. The van der Waals surface area contributed by atoms with Crippen LogP contribution in [0, 0.1) is 6.92 Å². The average Bonchev–Trinajstić information content (AvgIpc) is 3.16. The Bertz CT molecular complexity index is 1350. The highest BCUT2D eigenvalue weighted by Gasteiger charge is 2.23. The summed E-state index contributed by atoms with van der Waals surface area (Å²) in [6, 6.07) is 11.6. The molecule has 0 fully saturated rings. The molecule has 182 valence electrons. The fraction of sp³-hybridized carbons (Fsp3) is 0.375. The third-order valence-electron chi connectivity index (χ3n) is 5.30. The number of sulfonamides is 1. The van der Waals surface area contributed by atoms with Gasteiger partial charge >= 0.3 is 5.97 Å². The summed E-state index contributed by atoms with van der Waals surface area (Å²) >= 11 is 1.30. The van der Waals surface area contributed by atoms with Gasteiger partial charge in [-0.25, -0.2) is 8.42 Å². The van der Waals surface area contributed by atoms with E-state index in [1.165, 1.54) is 47.0 Å². The molecule has 2 aromatic carbocycles. The molecule has 3 aromatic rings. The first kappa shape index (κ1) is 25.8. The normalized spacial score (nSPS) is 12.4. The van der Waals surface area contributed by atoms with Gasteiger partial charge in [0.15, 0.2) is 4.80 Å². The van der Waals surface area contributed by atoms with E-state index in [0.717, 1.165) is 28.6 Å². The molecule has 8 nitrogen and oxygen atoms in total. The van der Waals surface area contributed by atoms with E-state index in [9.17, 15) is 18.0 Å². The van der Waals surface area contributed by atoms with Gasteiger partial charge in [0.2, 0.25) is 10.0 Å². The molecule has 0 unspecified atom stereocenters. The van der Waals surface area contributed by atoms with Gasteiger partial charge in [-0.3, -0.25) is 9.59 Å². The Labute approximate surface area is 203 Å². The van der Waals surface area contributed by atoms with Crippen LogP contribution in [0.2, 0.25) is 0 Å². The van der Waals surface area contributed by atoms with Gasteiger partial charge < -0.3 is 9.30 Å². The van der Waals surface area contributed by atoms with Gasteiger partial charge in [0.25, 0.3) is 5.91 Å². The molecule has 0 saturated carbocycles. The number of amides is 1. The Morgan fingerprint density at radius 2 is 1.71 bits per heavy atom. The number of rotatable bonds is 9. The maximum Gasteiger partial charge on any atom is 0.325 e. The molecule has 0 atom stereocenters. The van der Waals surface area contributed by atoms with Crippen molar-refractivity contribution in [2.24, 2.45) is 4.99 Å². The molecular formula is C24H29N3O5S2. The summed E-state index contributed by atoms with van der Waals surface area (Å²) < 4.78 is 34.8. The van der Waals surface area contributed by atoms with E-state index in [1.807, 2.05) is 39.0 Å². The number of esters is 1. The summed E-state index contributed by atoms with van der Waals surface area (Å²) in [7, 11) is -2.32. The fourth-order valence-corrected chi connectivity index (χ4v) is 6.38. The number of aryl methyl sites for hydroxylation is 1. The lowest BCUT2D eigenvalue weighted by Gasteiger charge is -2.21. The van der Waals surface area contributed by atoms with Crippen molar-refractivity contribution in [1.82, 2.24) is 8.87 Å². The van der Waals surface area contributed by atoms with Crippen LogP contribution in [-0.4, -0.2) is 49.4 Å². The van der Waals surface area contributed by atoms with Crippen molar-refractivity contribution >= 4 is 43.5 Å². The lowest BCUT2D eigenvalue weighted by Crippen LogP contribution is -2.32. The zero-order valence-electron chi connectivity index (χ0n) is 19.8. The SMILES string of the molecule is CCCN(CCC)S(=O)(=O)c1ccc(C(=O)N=c2sc3cccc(C)c3n2CC(=O)OC)cc1. The molecule has 1 aromatic heterocycles. The van der Waals surface area contributed by atoms with Crippen LogP contribution in [0.4, 0.5) is 0 Å². The third-order valence-corrected chi connectivity index (χ3v) is 8.26. The maximum atomic E-state index is 13.0. The van der Waals surface area contributed by atoms with Crippen molar-refractivity contribution < 1.29 is 22.7 Å². The second kappa shape index (κ2) is 11.1. The summed E-state index contributed by atoms with van der Waals surface area (Å²) in [4.78, 5) is 29.7. The Hall–Kier alpha value is -2.82. The second-order valence-electron chi connectivity index (χ2n) is 7.81. The highest BCUT2D eigenvalue weighted by molar-refractivity contribution is 7.89. The molecule has 1 amide bonds. The molecule has 10 heteroatoms. The zero-order valence-corrected chi connectivity index (χ0v) is 21.4. The Morgan fingerprint density at radius 3 is 2.29 bits per heavy atom. The summed E-state index contributed by atoms with van der Waals surface area (Å²) in [6.07, 6.45) is 1.43. The lowest BCUT2D eigenvalue weighted by atomic mass is 10.2. The number of aromatic nitrogens is 1. The molecule has 0 N–H and O–H groups in total. The number of thiazole rings is 1. The molecule has 0 bridgehead atoms. The number of hydrogen-bond donors (Lipinski definition) is 0. The molecule has 0 spiro atoms. The van der Waals surface area contributed by atoms with Gasteiger partial charge in [-0.1, -0.05) is 37.3 Å². The van der Waals surface area contributed by atoms with E-state index in [-0.39, 0.29) is 17.0 Å². The van der Waals surface area contributed by atoms with Crippen LogP contribution >= 0.6 is 11.3 Å². The summed E-state index contributed by atoms with van der Waals surface area (Å²) in [5.41, 5.74) is 2.03. The first-order valence-corrected chi connectivity index (χ1v) is 13.3. The number of fused-ring (bicyclic) bond motifs is 1. The lowest BCUT2D eigenvalue weighted by molar-refractivity contribution is -0.141. The maximum absolute atomic E-state index is 13.0. The second-order valence-corrected chi connectivity index (χ2v) is 10.8. The summed E-state index contributed by atoms with van der Waals surface area (Å²) in [5, 5.41) is 0. The van der Waals surface area contributed by atoms with Crippen molar-refractivity contribution in [3.63, 3.8) is 0 Å². The van der Waals surface area contributed by atoms with Crippen molar-refractivity contribution in [1.29, 1.82) is 0 Å². The van der Waals surface area contributed by atoms with Crippen LogP contribution in [0.15, 0.2) is 52.4 Å². The largest absolute Gasteiger partial charge is 0.468 e. The van der Waals surface area contributed by atoms with Gasteiger partial charge in [0, 0.05) is 18.7 Å². The quantitative estimate of drug-likeness (QED) is 0.415. The smallest absolute Gasteiger partial charge is 0.325 e. The Morgan fingerprint density at radius 1 is 1.06 bits per heavy atom. The number of carbonyl (C=O) groups is 2. The molecule has 34 heavy (non-hydrogen) atoms. The van der Waals surface area contributed by atoms with Crippen molar-refractivity contribution in [3.8, 4) is 0 Å². The predicted molar refractivity (Wildman–Crippen MR) is 132 cm³/mol. The van der Waals surface area contributed by atoms with Crippen molar-refractivity contribution in [3.05, 3.63) is 58.4 Å². The minimum absolute atomic E-state index is 0.0741. The highest BCUT2D eigenvalue weighted by atomic mass is 32.2. The van der Waals surface area contributed by atoms with Gasteiger partial charge in [-0.2, -0.15) is 9.30 Å². The van der Waals surface area contributed by atoms with Gasteiger partial charge in [0.1, 0.15) is 6.54 Å². The topological polar surface area (TPSA) is 98.0 Å². The molecular weight excluding hydrogens is 474 g/mol. The van der Waals surface area contributed by atoms with E-state index < -0.39 is 21.9 Å². The van der Waals surface area contributed by atoms with E-state index in [2.05, 4.69) is 4.99 Å². The molecule has 1 heterocycles. The third kappa shape index (κ3) is 5.45. The molecule has 3 rings (SSSR count). The van der Waals surface area contributed by atoms with E-state index in [4.69, 9.17) is 4.74 Å². The van der Waals surface area contributed by atoms with E-state index in [1.54, 1.807) is 4.57 Å². The van der Waals surface area contributed by atoms with Crippen molar-refractivity contribution in [2.45, 2.75) is 45.1 Å². The first-order chi connectivity index (χ1) is 16.2. The van der Waals surface area contributed by atoms with Crippen LogP contribution in [0.1, 0.15) is 42.6 Å². The molecule has 0 aliphatic rings.